The second-order valence-corrected chi connectivity index (χ2v) is 5.19. The van der Waals surface area contributed by atoms with Crippen LogP contribution in [0.1, 0.15) is 31.0 Å². The third kappa shape index (κ3) is 2.60. The zero-order valence-corrected chi connectivity index (χ0v) is 11.9. The van der Waals surface area contributed by atoms with Gasteiger partial charge in [0.05, 0.1) is 14.2 Å². The summed E-state index contributed by atoms with van der Waals surface area (Å²) in [5.41, 5.74) is 13.8. The van der Waals surface area contributed by atoms with Gasteiger partial charge in [-0.1, -0.05) is 19.9 Å². The standard InChI is InChI=1S/C14H24N2O2/c1-9-11(17-4)7-6-10(12(9)18-5)13(16)14(2,3)8-15/h6-7,13H,8,15-16H2,1-5H3. The predicted octanol–water partition coefficient (Wildman–Crippen LogP) is 2.00. The molecule has 4 nitrogen and oxygen atoms in total. The van der Waals surface area contributed by atoms with Crippen molar-refractivity contribution in [2.45, 2.75) is 26.8 Å². The maximum atomic E-state index is 6.32. The van der Waals surface area contributed by atoms with E-state index in [0.29, 0.717) is 6.54 Å². The molecular weight excluding hydrogens is 228 g/mol. The summed E-state index contributed by atoms with van der Waals surface area (Å²) >= 11 is 0. The smallest absolute Gasteiger partial charge is 0.130 e. The van der Waals surface area contributed by atoms with E-state index in [9.17, 15) is 0 Å². The first-order chi connectivity index (χ1) is 8.38. The molecule has 0 saturated heterocycles. The van der Waals surface area contributed by atoms with Gasteiger partial charge in [-0.25, -0.2) is 0 Å². The molecule has 102 valence electrons. The van der Waals surface area contributed by atoms with E-state index in [1.165, 1.54) is 0 Å². The maximum absolute atomic E-state index is 6.32. The molecule has 1 aromatic rings. The SMILES string of the molecule is COc1ccc(C(N)C(C)(C)CN)c(OC)c1C. The Morgan fingerprint density at radius 2 is 1.83 bits per heavy atom. The average molecular weight is 252 g/mol. The van der Waals surface area contributed by atoms with Gasteiger partial charge in [-0.15, -0.1) is 0 Å². The van der Waals surface area contributed by atoms with Gasteiger partial charge in [0.25, 0.3) is 0 Å². The molecule has 0 fully saturated rings. The fourth-order valence-corrected chi connectivity index (χ4v) is 1.98. The van der Waals surface area contributed by atoms with Gasteiger partial charge >= 0.3 is 0 Å². The van der Waals surface area contributed by atoms with Crippen LogP contribution in [-0.2, 0) is 0 Å². The molecule has 0 amide bonds. The van der Waals surface area contributed by atoms with Crippen LogP contribution in [0.5, 0.6) is 11.5 Å². The Balaban J connectivity index is 3.29. The number of hydrogen-bond acceptors (Lipinski definition) is 4. The molecule has 0 saturated carbocycles. The van der Waals surface area contributed by atoms with Crippen LogP contribution in [0.3, 0.4) is 0 Å². The second-order valence-electron chi connectivity index (χ2n) is 5.19. The number of benzene rings is 1. The quantitative estimate of drug-likeness (QED) is 0.841. The Bertz CT molecular complexity index is 417. The highest BCUT2D eigenvalue weighted by Gasteiger charge is 2.29. The van der Waals surface area contributed by atoms with Gasteiger partial charge < -0.3 is 20.9 Å². The fourth-order valence-electron chi connectivity index (χ4n) is 1.98. The monoisotopic (exact) mass is 252 g/mol. The van der Waals surface area contributed by atoms with Crippen molar-refractivity contribution in [3.8, 4) is 11.5 Å². The molecule has 4 N–H and O–H groups in total. The van der Waals surface area contributed by atoms with Crippen molar-refractivity contribution in [1.82, 2.24) is 0 Å². The molecule has 0 spiro atoms. The molecule has 1 unspecified atom stereocenters. The topological polar surface area (TPSA) is 70.5 Å². The highest BCUT2D eigenvalue weighted by Crippen LogP contribution is 2.39. The van der Waals surface area contributed by atoms with Crippen LogP contribution in [-0.4, -0.2) is 20.8 Å². The normalized spacial score (nSPS) is 13.3. The Kier molecular flexibility index (Phi) is 4.59. The Hall–Kier alpha value is -1.26. The minimum absolute atomic E-state index is 0.179. The van der Waals surface area contributed by atoms with Crippen LogP contribution >= 0.6 is 0 Å². The minimum atomic E-state index is -0.186. The first kappa shape index (κ1) is 14.8. The van der Waals surface area contributed by atoms with Gasteiger partial charge in [0.2, 0.25) is 0 Å². The van der Waals surface area contributed by atoms with E-state index >= 15 is 0 Å². The zero-order chi connectivity index (χ0) is 13.9. The van der Waals surface area contributed by atoms with E-state index in [1.807, 2.05) is 19.1 Å². The molecule has 0 bridgehead atoms. The molecule has 1 rings (SSSR count). The molecule has 1 atom stereocenters. The van der Waals surface area contributed by atoms with Crippen molar-refractivity contribution >= 4 is 0 Å². The van der Waals surface area contributed by atoms with E-state index in [-0.39, 0.29) is 11.5 Å². The van der Waals surface area contributed by atoms with Crippen molar-refractivity contribution in [3.63, 3.8) is 0 Å². The van der Waals surface area contributed by atoms with Gasteiger partial charge in [0.1, 0.15) is 11.5 Å². The largest absolute Gasteiger partial charge is 0.496 e. The lowest BCUT2D eigenvalue weighted by Gasteiger charge is -2.32. The van der Waals surface area contributed by atoms with Crippen LogP contribution in [0.2, 0.25) is 0 Å². The Morgan fingerprint density at radius 3 is 2.28 bits per heavy atom. The third-order valence-corrected chi connectivity index (χ3v) is 3.51. The summed E-state index contributed by atoms with van der Waals surface area (Å²) in [6, 6.07) is 3.69. The number of hydrogen-bond donors (Lipinski definition) is 2. The van der Waals surface area contributed by atoms with Gasteiger partial charge in [0.15, 0.2) is 0 Å². The van der Waals surface area contributed by atoms with Gasteiger partial charge in [0, 0.05) is 17.2 Å². The summed E-state index contributed by atoms with van der Waals surface area (Å²) in [5.74, 6) is 1.58. The molecule has 4 heteroatoms. The lowest BCUT2D eigenvalue weighted by Crippen LogP contribution is -2.36. The van der Waals surface area contributed by atoms with Crippen molar-refractivity contribution in [2.24, 2.45) is 16.9 Å². The van der Waals surface area contributed by atoms with Crippen molar-refractivity contribution < 1.29 is 9.47 Å². The Morgan fingerprint density at radius 1 is 1.22 bits per heavy atom. The van der Waals surface area contributed by atoms with Crippen LogP contribution in [0.25, 0.3) is 0 Å². The maximum Gasteiger partial charge on any atom is 0.130 e. The molecule has 0 heterocycles. The molecule has 0 radical (unpaired) electrons. The van der Waals surface area contributed by atoms with Crippen molar-refractivity contribution in [3.05, 3.63) is 23.3 Å². The van der Waals surface area contributed by atoms with Crippen molar-refractivity contribution in [2.75, 3.05) is 20.8 Å². The van der Waals surface area contributed by atoms with E-state index in [1.54, 1.807) is 14.2 Å². The molecule has 0 aliphatic heterocycles. The summed E-state index contributed by atoms with van der Waals surface area (Å²) in [6.45, 7) is 6.58. The van der Waals surface area contributed by atoms with Gasteiger partial charge in [-0.2, -0.15) is 0 Å². The summed E-state index contributed by atoms with van der Waals surface area (Å²) in [5, 5.41) is 0. The predicted molar refractivity (Wildman–Crippen MR) is 74.0 cm³/mol. The number of rotatable bonds is 5. The van der Waals surface area contributed by atoms with Gasteiger partial charge in [-0.05, 0) is 24.9 Å². The summed E-state index contributed by atoms with van der Waals surface area (Å²) in [6.07, 6.45) is 0. The Labute approximate surface area is 109 Å². The average Bonchev–Trinajstić information content (AvgIpc) is 2.37. The van der Waals surface area contributed by atoms with Crippen LogP contribution in [0, 0.1) is 12.3 Å². The molecule has 0 aliphatic carbocycles. The van der Waals surface area contributed by atoms with Gasteiger partial charge in [-0.3, -0.25) is 0 Å². The summed E-state index contributed by atoms with van der Waals surface area (Å²) in [7, 11) is 3.29. The highest BCUT2D eigenvalue weighted by atomic mass is 16.5. The second kappa shape index (κ2) is 5.59. The summed E-state index contributed by atoms with van der Waals surface area (Å²) in [4.78, 5) is 0. The fraction of sp³-hybridized carbons (Fsp3) is 0.571. The number of nitrogens with two attached hydrogens (primary N) is 2. The van der Waals surface area contributed by atoms with Crippen molar-refractivity contribution in [1.29, 1.82) is 0 Å². The van der Waals surface area contributed by atoms with Crippen LogP contribution in [0.4, 0.5) is 0 Å². The lowest BCUT2D eigenvalue weighted by atomic mass is 9.80. The van der Waals surface area contributed by atoms with Crippen LogP contribution in [0.15, 0.2) is 12.1 Å². The first-order valence-electron chi connectivity index (χ1n) is 6.06. The molecule has 1 aromatic carbocycles. The molecular formula is C14H24N2O2. The number of methoxy groups -OCH3 is 2. The van der Waals surface area contributed by atoms with E-state index in [2.05, 4.69) is 13.8 Å². The first-order valence-corrected chi connectivity index (χ1v) is 6.06. The van der Waals surface area contributed by atoms with E-state index < -0.39 is 0 Å². The minimum Gasteiger partial charge on any atom is -0.496 e. The third-order valence-electron chi connectivity index (χ3n) is 3.51. The van der Waals surface area contributed by atoms with E-state index in [0.717, 1.165) is 22.6 Å². The van der Waals surface area contributed by atoms with Crippen LogP contribution < -0.4 is 20.9 Å². The zero-order valence-electron chi connectivity index (χ0n) is 11.9. The van der Waals surface area contributed by atoms with E-state index in [4.69, 9.17) is 20.9 Å². The lowest BCUT2D eigenvalue weighted by molar-refractivity contribution is 0.290. The summed E-state index contributed by atoms with van der Waals surface area (Å²) < 4.78 is 10.8. The number of ether oxygens (including phenoxy) is 2. The molecule has 0 aromatic heterocycles. The highest BCUT2D eigenvalue weighted by molar-refractivity contribution is 5.50. The molecule has 18 heavy (non-hydrogen) atoms. The molecule has 0 aliphatic rings.